The van der Waals surface area contributed by atoms with Gasteiger partial charge in [-0.25, -0.2) is 0 Å². The molecule has 1 rings (SSSR count). The molecular weight excluding hydrogens is 154 g/mol. The van der Waals surface area contributed by atoms with Crippen molar-refractivity contribution in [1.82, 2.24) is 5.32 Å². The summed E-state index contributed by atoms with van der Waals surface area (Å²) in [6, 6.07) is 0. The number of carbonyl (C=O) groups is 1. The van der Waals surface area contributed by atoms with E-state index in [1.165, 1.54) is 32.6 Å². The molecule has 0 aliphatic heterocycles. The molecule has 1 aliphatic rings. The molecule has 1 aliphatic carbocycles. The molecule has 1 fully saturated rings. The Hall–Kier alpha value is -0.570. The Kier molecular flexibility index (Phi) is 3.53. The van der Waals surface area contributed by atoms with Gasteiger partial charge < -0.3 is 10.4 Å². The zero-order chi connectivity index (χ0) is 8.97. The van der Waals surface area contributed by atoms with Gasteiger partial charge in [-0.3, -0.25) is 4.79 Å². The summed E-state index contributed by atoms with van der Waals surface area (Å²) in [6.07, 6.45) is 4.15. The third kappa shape index (κ3) is 2.81. The maximum absolute atomic E-state index is 10.9. The predicted octanol–water partition coefficient (Wildman–Crippen LogP) is 0.674. The van der Waals surface area contributed by atoms with Crippen molar-refractivity contribution in [2.45, 2.75) is 38.7 Å². The molecule has 2 N–H and O–H groups in total. The van der Waals surface area contributed by atoms with E-state index in [1.807, 2.05) is 0 Å². The fourth-order valence-corrected chi connectivity index (χ4v) is 1.61. The zero-order valence-corrected chi connectivity index (χ0v) is 7.55. The quantitative estimate of drug-likeness (QED) is 0.656. The molecule has 0 bridgehead atoms. The van der Waals surface area contributed by atoms with Crippen molar-refractivity contribution in [1.29, 1.82) is 0 Å². The molecule has 0 spiro atoms. The molecule has 0 unspecified atom stereocenters. The molecule has 70 valence electrons. The van der Waals surface area contributed by atoms with E-state index in [0.717, 1.165) is 6.54 Å². The van der Waals surface area contributed by atoms with Gasteiger partial charge in [0.1, 0.15) is 6.10 Å². The van der Waals surface area contributed by atoms with Crippen LogP contribution in [0.3, 0.4) is 0 Å². The maximum Gasteiger partial charge on any atom is 0.248 e. The van der Waals surface area contributed by atoms with Crippen LogP contribution in [0.4, 0.5) is 0 Å². The molecule has 3 heteroatoms. The first kappa shape index (κ1) is 9.52. The number of aliphatic hydroxyl groups is 1. The smallest absolute Gasteiger partial charge is 0.248 e. The largest absolute Gasteiger partial charge is 0.384 e. The van der Waals surface area contributed by atoms with Crippen molar-refractivity contribution in [3.8, 4) is 0 Å². The number of aliphatic hydroxyl groups excluding tert-OH is 1. The summed E-state index contributed by atoms with van der Waals surface area (Å²) in [6.45, 7) is 2.23. The normalized spacial score (nSPS) is 20.8. The minimum absolute atomic E-state index is 0.248. The average molecular weight is 171 g/mol. The van der Waals surface area contributed by atoms with Crippen LogP contribution >= 0.6 is 0 Å². The highest BCUT2D eigenvalue weighted by Crippen LogP contribution is 2.23. The molecule has 0 aromatic heterocycles. The third-order valence-corrected chi connectivity index (χ3v) is 2.42. The Morgan fingerprint density at radius 2 is 2.17 bits per heavy atom. The SMILES string of the molecule is C[C@@H](O)C(=O)NCC1CCCC1. The van der Waals surface area contributed by atoms with Gasteiger partial charge >= 0.3 is 0 Å². The Balaban J connectivity index is 2.12. The van der Waals surface area contributed by atoms with Crippen molar-refractivity contribution in [3.63, 3.8) is 0 Å². The summed E-state index contributed by atoms with van der Waals surface area (Å²) < 4.78 is 0. The highest BCUT2D eigenvalue weighted by atomic mass is 16.3. The van der Waals surface area contributed by atoms with Gasteiger partial charge in [0.05, 0.1) is 0 Å². The number of hydrogen-bond donors (Lipinski definition) is 2. The maximum atomic E-state index is 10.9. The number of amides is 1. The van der Waals surface area contributed by atoms with Gasteiger partial charge in [0.2, 0.25) is 5.91 Å². The van der Waals surface area contributed by atoms with E-state index in [1.54, 1.807) is 0 Å². The van der Waals surface area contributed by atoms with Crippen LogP contribution in [-0.2, 0) is 4.79 Å². The van der Waals surface area contributed by atoms with Gasteiger partial charge in [0.15, 0.2) is 0 Å². The molecule has 3 nitrogen and oxygen atoms in total. The Morgan fingerprint density at radius 3 is 2.67 bits per heavy atom. The van der Waals surface area contributed by atoms with Crippen LogP contribution in [0.15, 0.2) is 0 Å². The van der Waals surface area contributed by atoms with Gasteiger partial charge in [0.25, 0.3) is 0 Å². The summed E-state index contributed by atoms with van der Waals surface area (Å²) in [5, 5.41) is 11.6. The van der Waals surface area contributed by atoms with Crippen molar-refractivity contribution in [3.05, 3.63) is 0 Å². The summed E-state index contributed by atoms with van der Waals surface area (Å²) in [7, 11) is 0. The Labute approximate surface area is 73.2 Å². The first-order valence-electron chi connectivity index (χ1n) is 4.66. The second-order valence-corrected chi connectivity index (χ2v) is 3.57. The number of carbonyl (C=O) groups excluding carboxylic acids is 1. The lowest BCUT2D eigenvalue weighted by atomic mass is 10.1. The molecule has 1 amide bonds. The van der Waals surface area contributed by atoms with E-state index in [4.69, 9.17) is 5.11 Å². The monoisotopic (exact) mass is 171 g/mol. The molecule has 0 aromatic rings. The molecule has 1 atom stereocenters. The highest BCUT2D eigenvalue weighted by Gasteiger charge is 2.16. The zero-order valence-electron chi connectivity index (χ0n) is 7.55. The summed E-state index contributed by atoms with van der Waals surface area (Å²) in [4.78, 5) is 10.9. The van der Waals surface area contributed by atoms with E-state index in [9.17, 15) is 4.79 Å². The van der Waals surface area contributed by atoms with Crippen LogP contribution in [0, 0.1) is 5.92 Å². The lowest BCUT2D eigenvalue weighted by Crippen LogP contribution is -2.35. The van der Waals surface area contributed by atoms with Gasteiger partial charge in [-0.05, 0) is 25.7 Å². The van der Waals surface area contributed by atoms with Gasteiger partial charge in [-0.2, -0.15) is 0 Å². The summed E-state index contributed by atoms with van der Waals surface area (Å²) in [5.41, 5.74) is 0. The topological polar surface area (TPSA) is 49.3 Å². The molecule has 1 saturated carbocycles. The van der Waals surface area contributed by atoms with Gasteiger partial charge in [-0.15, -0.1) is 0 Å². The van der Waals surface area contributed by atoms with E-state index >= 15 is 0 Å². The van der Waals surface area contributed by atoms with Crippen LogP contribution in [0.25, 0.3) is 0 Å². The molecule has 0 radical (unpaired) electrons. The summed E-state index contributed by atoms with van der Waals surface area (Å²) >= 11 is 0. The predicted molar refractivity (Wildman–Crippen MR) is 46.6 cm³/mol. The van der Waals surface area contributed by atoms with Crippen molar-refractivity contribution < 1.29 is 9.90 Å². The van der Waals surface area contributed by atoms with E-state index < -0.39 is 6.10 Å². The Bertz CT molecular complexity index is 151. The fraction of sp³-hybridized carbons (Fsp3) is 0.889. The first-order valence-corrected chi connectivity index (χ1v) is 4.66. The minimum atomic E-state index is -0.869. The lowest BCUT2D eigenvalue weighted by Gasteiger charge is -2.11. The van der Waals surface area contributed by atoms with Crippen LogP contribution in [-0.4, -0.2) is 23.7 Å². The highest BCUT2D eigenvalue weighted by molar-refractivity contribution is 5.79. The standard InChI is InChI=1S/C9H17NO2/c1-7(11)9(12)10-6-8-4-2-3-5-8/h7-8,11H,2-6H2,1H3,(H,10,12)/t7-/m1/s1. The second-order valence-electron chi connectivity index (χ2n) is 3.57. The first-order chi connectivity index (χ1) is 5.70. The van der Waals surface area contributed by atoms with Crippen LogP contribution in [0.2, 0.25) is 0 Å². The van der Waals surface area contributed by atoms with E-state index in [-0.39, 0.29) is 5.91 Å². The van der Waals surface area contributed by atoms with Crippen LogP contribution < -0.4 is 5.32 Å². The number of rotatable bonds is 3. The molecule has 0 saturated heterocycles. The van der Waals surface area contributed by atoms with Gasteiger partial charge in [-0.1, -0.05) is 12.8 Å². The number of hydrogen-bond acceptors (Lipinski definition) is 2. The fourth-order valence-electron chi connectivity index (χ4n) is 1.61. The van der Waals surface area contributed by atoms with Crippen LogP contribution in [0.5, 0.6) is 0 Å². The Morgan fingerprint density at radius 1 is 1.58 bits per heavy atom. The molecule has 0 heterocycles. The molecular formula is C9H17NO2. The van der Waals surface area contributed by atoms with Crippen molar-refractivity contribution in [2.75, 3.05) is 6.54 Å². The van der Waals surface area contributed by atoms with E-state index in [0.29, 0.717) is 5.92 Å². The van der Waals surface area contributed by atoms with Crippen molar-refractivity contribution >= 4 is 5.91 Å². The third-order valence-electron chi connectivity index (χ3n) is 2.42. The molecule has 12 heavy (non-hydrogen) atoms. The average Bonchev–Trinajstić information content (AvgIpc) is 2.51. The lowest BCUT2D eigenvalue weighted by molar-refractivity contribution is -0.128. The minimum Gasteiger partial charge on any atom is -0.384 e. The number of nitrogens with one attached hydrogen (secondary N) is 1. The summed E-state index contributed by atoms with van der Waals surface area (Å²) in [5.74, 6) is 0.398. The van der Waals surface area contributed by atoms with Crippen molar-refractivity contribution in [2.24, 2.45) is 5.92 Å². The second kappa shape index (κ2) is 4.45. The van der Waals surface area contributed by atoms with E-state index in [2.05, 4.69) is 5.32 Å². The van der Waals surface area contributed by atoms with Gasteiger partial charge in [0, 0.05) is 6.54 Å². The van der Waals surface area contributed by atoms with Crippen LogP contribution in [0.1, 0.15) is 32.6 Å². The molecule has 0 aromatic carbocycles.